The van der Waals surface area contributed by atoms with Crippen molar-refractivity contribution in [1.29, 1.82) is 0 Å². The molecule has 0 aliphatic rings. The van der Waals surface area contributed by atoms with Crippen LogP contribution >= 0.6 is 0 Å². The van der Waals surface area contributed by atoms with Crippen molar-refractivity contribution in [1.82, 2.24) is 0 Å². The van der Waals surface area contributed by atoms with Crippen LogP contribution in [0.15, 0.2) is 42.5 Å². The molecule has 0 spiro atoms. The van der Waals surface area contributed by atoms with Gasteiger partial charge in [0.1, 0.15) is 5.75 Å². The fourth-order valence-electron chi connectivity index (χ4n) is 1.97. The predicted molar refractivity (Wildman–Crippen MR) is 73.4 cm³/mol. The molecule has 0 amide bonds. The average molecular weight is 296 g/mol. The van der Waals surface area contributed by atoms with Gasteiger partial charge in [0.25, 0.3) is 0 Å². The molecule has 0 atom stereocenters. The van der Waals surface area contributed by atoms with Crippen molar-refractivity contribution in [3.63, 3.8) is 0 Å². The van der Waals surface area contributed by atoms with Gasteiger partial charge in [-0.3, -0.25) is 0 Å². The van der Waals surface area contributed by atoms with E-state index in [2.05, 4.69) is 4.74 Å². The third-order valence-electron chi connectivity index (χ3n) is 3.07. The van der Waals surface area contributed by atoms with Gasteiger partial charge in [-0.05, 0) is 48.2 Å². The first-order valence-electron chi connectivity index (χ1n) is 6.44. The van der Waals surface area contributed by atoms with E-state index in [9.17, 15) is 13.2 Å². The van der Waals surface area contributed by atoms with Gasteiger partial charge in [0.15, 0.2) is 11.6 Å². The van der Waals surface area contributed by atoms with Crippen molar-refractivity contribution in [2.45, 2.75) is 19.5 Å². The van der Waals surface area contributed by atoms with E-state index in [0.717, 1.165) is 23.3 Å². The zero-order chi connectivity index (χ0) is 15.2. The molecule has 0 aliphatic heterocycles. The second kappa shape index (κ2) is 7.02. The second-order valence-electron chi connectivity index (χ2n) is 4.49. The third-order valence-corrected chi connectivity index (χ3v) is 3.07. The molecule has 0 heterocycles. The number of halogens is 3. The normalized spacial score (nSPS) is 10.7. The van der Waals surface area contributed by atoms with Crippen molar-refractivity contribution in [2.75, 3.05) is 7.11 Å². The highest BCUT2D eigenvalue weighted by atomic mass is 19.3. The number of aryl methyl sites for hydroxylation is 2. The Labute approximate surface area is 121 Å². The van der Waals surface area contributed by atoms with Crippen LogP contribution in [0.4, 0.5) is 13.2 Å². The van der Waals surface area contributed by atoms with Crippen molar-refractivity contribution in [3.05, 3.63) is 59.4 Å². The van der Waals surface area contributed by atoms with Gasteiger partial charge in [-0.25, -0.2) is 4.39 Å². The standard InChI is InChI=1S/C16H15F3O2/c1-20-13-7-4-11(5-8-13)2-3-12-6-9-15(14(17)10-12)21-16(18)19/h4-10,16H,2-3H2,1H3. The molecule has 0 saturated carbocycles. The minimum absolute atomic E-state index is 0.432. The summed E-state index contributed by atoms with van der Waals surface area (Å²) in [6, 6.07) is 11.6. The molecule has 0 fully saturated rings. The Morgan fingerprint density at radius 2 is 1.57 bits per heavy atom. The van der Waals surface area contributed by atoms with Gasteiger partial charge < -0.3 is 9.47 Å². The molecule has 2 aromatic rings. The maximum atomic E-state index is 13.6. The summed E-state index contributed by atoms with van der Waals surface area (Å²) >= 11 is 0. The van der Waals surface area contributed by atoms with E-state index in [1.54, 1.807) is 13.2 Å². The minimum Gasteiger partial charge on any atom is -0.497 e. The van der Waals surface area contributed by atoms with Gasteiger partial charge in [-0.1, -0.05) is 18.2 Å². The molecule has 5 heteroatoms. The molecule has 0 radical (unpaired) electrons. The van der Waals surface area contributed by atoms with E-state index in [1.807, 2.05) is 24.3 Å². The van der Waals surface area contributed by atoms with Crippen LogP contribution in [0.1, 0.15) is 11.1 Å². The molecule has 0 unspecified atom stereocenters. The molecule has 21 heavy (non-hydrogen) atoms. The Balaban J connectivity index is 1.98. The number of hydrogen-bond donors (Lipinski definition) is 0. The number of methoxy groups -OCH3 is 1. The summed E-state index contributed by atoms with van der Waals surface area (Å²) in [6.07, 6.45) is 1.33. The van der Waals surface area contributed by atoms with Crippen molar-refractivity contribution >= 4 is 0 Å². The van der Waals surface area contributed by atoms with Crippen LogP contribution in [-0.4, -0.2) is 13.7 Å². The second-order valence-corrected chi connectivity index (χ2v) is 4.49. The predicted octanol–water partition coefficient (Wildman–Crippen LogP) is 4.22. The van der Waals surface area contributed by atoms with E-state index in [-0.39, 0.29) is 0 Å². The number of hydrogen-bond acceptors (Lipinski definition) is 2. The van der Waals surface area contributed by atoms with Crippen LogP contribution in [0.3, 0.4) is 0 Å². The SMILES string of the molecule is COc1ccc(CCc2ccc(OC(F)F)c(F)c2)cc1. The molecule has 0 bridgehead atoms. The summed E-state index contributed by atoms with van der Waals surface area (Å²) in [5, 5.41) is 0. The maximum absolute atomic E-state index is 13.6. The average Bonchev–Trinajstić information content (AvgIpc) is 2.48. The van der Waals surface area contributed by atoms with Gasteiger partial charge >= 0.3 is 6.61 Å². The number of benzene rings is 2. The van der Waals surface area contributed by atoms with E-state index >= 15 is 0 Å². The topological polar surface area (TPSA) is 18.5 Å². The molecule has 0 N–H and O–H groups in total. The molecule has 0 aliphatic carbocycles. The Bertz CT molecular complexity index is 583. The van der Waals surface area contributed by atoms with E-state index < -0.39 is 18.2 Å². The first-order chi connectivity index (χ1) is 10.1. The number of ether oxygens (including phenoxy) is 2. The first kappa shape index (κ1) is 15.2. The monoisotopic (exact) mass is 296 g/mol. The Morgan fingerprint density at radius 3 is 2.14 bits per heavy atom. The Morgan fingerprint density at radius 1 is 0.952 bits per heavy atom. The largest absolute Gasteiger partial charge is 0.497 e. The van der Waals surface area contributed by atoms with Crippen molar-refractivity contribution in [3.8, 4) is 11.5 Å². The zero-order valence-electron chi connectivity index (χ0n) is 11.5. The van der Waals surface area contributed by atoms with Gasteiger partial charge in [-0.15, -0.1) is 0 Å². The summed E-state index contributed by atoms with van der Waals surface area (Å²) in [5.41, 5.74) is 1.81. The fourth-order valence-corrected chi connectivity index (χ4v) is 1.97. The van der Waals surface area contributed by atoms with E-state index in [4.69, 9.17) is 4.74 Å². The van der Waals surface area contributed by atoms with Gasteiger partial charge in [0.2, 0.25) is 0 Å². The molecule has 0 aromatic heterocycles. The summed E-state index contributed by atoms with van der Waals surface area (Å²) in [7, 11) is 1.60. The van der Waals surface area contributed by atoms with Crippen LogP contribution in [0.5, 0.6) is 11.5 Å². The molecule has 2 rings (SSSR count). The molecule has 2 aromatic carbocycles. The highest BCUT2D eigenvalue weighted by Gasteiger charge is 2.10. The Kier molecular flexibility index (Phi) is 5.09. The highest BCUT2D eigenvalue weighted by Crippen LogP contribution is 2.21. The summed E-state index contributed by atoms with van der Waals surface area (Å²) < 4.78 is 46.8. The van der Waals surface area contributed by atoms with Crippen molar-refractivity contribution < 1.29 is 22.6 Å². The van der Waals surface area contributed by atoms with Gasteiger partial charge in [-0.2, -0.15) is 8.78 Å². The molecule has 0 saturated heterocycles. The number of alkyl halides is 2. The van der Waals surface area contributed by atoms with Crippen LogP contribution in [0, 0.1) is 5.82 Å². The van der Waals surface area contributed by atoms with Crippen LogP contribution in [-0.2, 0) is 12.8 Å². The minimum atomic E-state index is -3.02. The summed E-state index contributed by atoms with van der Waals surface area (Å²) in [4.78, 5) is 0. The number of rotatable bonds is 6. The smallest absolute Gasteiger partial charge is 0.387 e. The molecular weight excluding hydrogens is 281 g/mol. The van der Waals surface area contributed by atoms with Crippen LogP contribution in [0.25, 0.3) is 0 Å². The lowest BCUT2D eigenvalue weighted by Gasteiger charge is -2.08. The van der Waals surface area contributed by atoms with Gasteiger partial charge in [0, 0.05) is 0 Å². The molecule has 112 valence electrons. The lowest BCUT2D eigenvalue weighted by Crippen LogP contribution is -2.04. The third kappa shape index (κ3) is 4.41. The summed E-state index contributed by atoms with van der Waals surface area (Å²) in [6.45, 7) is -3.02. The van der Waals surface area contributed by atoms with Gasteiger partial charge in [0.05, 0.1) is 7.11 Å². The highest BCUT2D eigenvalue weighted by molar-refractivity contribution is 5.31. The van der Waals surface area contributed by atoms with E-state index in [1.165, 1.54) is 12.1 Å². The fraction of sp³-hybridized carbons (Fsp3) is 0.250. The Hall–Kier alpha value is -2.17. The van der Waals surface area contributed by atoms with Crippen molar-refractivity contribution in [2.24, 2.45) is 0 Å². The molecular formula is C16H15F3O2. The first-order valence-corrected chi connectivity index (χ1v) is 6.44. The quantitative estimate of drug-likeness (QED) is 0.794. The summed E-state index contributed by atoms with van der Waals surface area (Å²) in [5.74, 6) is -0.431. The van der Waals surface area contributed by atoms with Crippen LogP contribution < -0.4 is 9.47 Å². The van der Waals surface area contributed by atoms with Crippen LogP contribution in [0.2, 0.25) is 0 Å². The van der Waals surface area contributed by atoms with E-state index in [0.29, 0.717) is 6.42 Å². The maximum Gasteiger partial charge on any atom is 0.387 e. The molecule has 2 nitrogen and oxygen atoms in total. The zero-order valence-corrected chi connectivity index (χ0v) is 11.5. The lowest BCUT2D eigenvalue weighted by molar-refractivity contribution is -0.0522. The lowest BCUT2D eigenvalue weighted by atomic mass is 10.0.